The van der Waals surface area contributed by atoms with E-state index < -0.39 is 0 Å². The van der Waals surface area contributed by atoms with Gasteiger partial charge >= 0.3 is 0 Å². The van der Waals surface area contributed by atoms with Crippen LogP contribution in [0.4, 0.5) is 5.82 Å². The molecule has 0 bridgehead atoms. The molecule has 1 fully saturated rings. The maximum Gasteiger partial charge on any atom is 0.248 e. The molecule has 1 aliphatic heterocycles. The van der Waals surface area contributed by atoms with E-state index in [1.165, 1.54) is 12.7 Å². The molecule has 1 saturated heterocycles. The number of amides is 1. The molecule has 1 aromatic heterocycles. The number of hydrogen-bond donors (Lipinski definition) is 0. The van der Waals surface area contributed by atoms with Gasteiger partial charge in [-0.1, -0.05) is 12.1 Å². The van der Waals surface area contributed by atoms with Crippen molar-refractivity contribution in [3.63, 3.8) is 0 Å². The first-order valence-corrected chi connectivity index (χ1v) is 8.88. The summed E-state index contributed by atoms with van der Waals surface area (Å²) in [5, 5.41) is 10.6. The summed E-state index contributed by atoms with van der Waals surface area (Å²) in [6.45, 7) is 6.98. The zero-order valence-corrected chi connectivity index (χ0v) is 15.6. The second kappa shape index (κ2) is 7.71. The topological polar surface area (TPSA) is 69.5 Å². The van der Waals surface area contributed by atoms with Crippen LogP contribution in [0, 0.1) is 25.2 Å². The Morgan fingerprint density at radius 1 is 1.27 bits per heavy atom. The highest BCUT2D eigenvalue weighted by molar-refractivity contribution is 5.86. The number of anilines is 1. The Morgan fingerprint density at radius 2 is 2.08 bits per heavy atom. The monoisotopic (exact) mass is 352 g/mol. The lowest BCUT2D eigenvalue weighted by atomic mass is 10.0. The summed E-state index contributed by atoms with van der Waals surface area (Å²) in [4.78, 5) is 20.9. The van der Waals surface area contributed by atoms with E-state index in [2.05, 4.69) is 30.9 Å². The first kappa shape index (κ1) is 18.2. The van der Waals surface area contributed by atoms with Crippen LogP contribution in [0.3, 0.4) is 0 Å². The van der Waals surface area contributed by atoms with Gasteiger partial charge in [0.05, 0.1) is 11.1 Å². The van der Waals surface area contributed by atoms with Crippen molar-refractivity contribution in [1.29, 1.82) is 5.26 Å². The maximum absolute atomic E-state index is 12.1. The molecule has 2 aromatic rings. The number of pyridine rings is 1. The fourth-order valence-electron chi connectivity index (χ4n) is 3.39. The van der Waals surface area contributed by atoms with Crippen LogP contribution in [0.1, 0.15) is 23.1 Å². The molecule has 0 saturated carbocycles. The average Bonchev–Trinajstić information content (AvgIpc) is 2.90. The van der Waals surface area contributed by atoms with Gasteiger partial charge in [0.15, 0.2) is 0 Å². The number of fused-ring (bicyclic) bond motifs is 1. The van der Waals surface area contributed by atoms with E-state index in [9.17, 15) is 10.1 Å². The van der Waals surface area contributed by atoms with Gasteiger partial charge in [0, 0.05) is 38.7 Å². The molecule has 2 heterocycles. The van der Waals surface area contributed by atoms with Gasteiger partial charge in [0.2, 0.25) is 5.91 Å². The van der Waals surface area contributed by atoms with Crippen molar-refractivity contribution in [1.82, 2.24) is 9.88 Å². The van der Waals surface area contributed by atoms with Crippen molar-refractivity contribution in [3.8, 4) is 6.07 Å². The molecule has 26 heavy (non-hydrogen) atoms. The van der Waals surface area contributed by atoms with Crippen molar-refractivity contribution < 1.29 is 9.53 Å². The van der Waals surface area contributed by atoms with Crippen molar-refractivity contribution in [2.45, 2.75) is 20.3 Å². The second-order valence-electron chi connectivity index (χ2n) is 6.70. The van der Waals surface area contributed by atoms with E-state index in [-0.39, 0.29) is 12.5 Å². The third-order valence-electron chi connectivity index (χ3n) is 5.03. The first-order chi connectivity index (χ1) is 12.5. The summed E-state index contributed by atoms with van der Waals surface area (Å²) in [6, 6.07) is 8.29. The Morgan fingerprint density at radius 3 is 2.81 bits per heavy atom. The molecule has 6 heteroatoms. The number of aryl methyl sites for hydroxylation is 2. The van der Waals surface area contributed by atoms with Crippen LogP contribution in [0.2, 0.25) is 0 Å². The summed E-state index contributed by atoms with van der Waals surface area (Å²) in [7, 11) is 1.53. The van der Waals surface area contributed by atoms with E-state index in [0.29, 0.717) is 25.2 Å². The van der Waals surface area contributed by atoms with Gasteiger partial charge < -0.3 is 14.5 Å². The zero-order valence-electron chi connectivity index (χ0n) is 15.6. The lowest BCUT2D eigenvalue weighted by Gasteiger charge is -2.24. The van der Waals surface area contributed by atoms with Crippen LogP contribution in [-0.2, 0) is 9.53 Å². The Kier molecular flexibility index (Phi) is 5.38. The van der Waals surface area contributed by atoms with Crippen LogP contribution >= 0.6 is 0 Å². The third kappa shape index (κ3) is 3.49. The number of methoxy groups -OCH3 is 1. The molecule has 0 spiro atoms. The number of rotatable bonds is 3. The largest absolute Gasteiger partial charge is 0.375 e. The number of aromatic nitrogens is 1. The Hall–Kier alpha value is -2.65. The summed E-state index contributed by atoms with van der Waals surface area (Å²) in [5.41, 5.74) is 3.85. The first-order valence-electron chi connectivity index (χ1n) is 8.88. The molecular weight excluding hydrogens is 328 g/mol. The van der Waals surface area contributed by atoms with E-state index in [1.54, 1.807) is 0 Å². The van der Waals surface area contributed by atoms with Crippen LogP contribution in [-0.4, -0.2) is 55.7 Å². The summed E-state index contributed by atoms with van der Waals surface area (Å²) >= 11 is 0. The van der Waals surface area contributed by atoms with Gasteiger partial charge in [-0.2, -0.15) is 5.26 Å². The van der Waals surface area contributed by atoms with Crippen LogP contribution in [0.5, 0.6) is 0 Å². The minimum Gasteiger partial charge on any atom is -0.375 e. The molecule has 0 unspecified atom stereocenters. The molecule has 6 nitrogen and oxygen atoms in total. The van der Waals surface area contributed by atoms with E-state index in [4.69, 9.17) is 9.72 Å². The van der Waals surface area contributed by atoms with Gasteiger partial charge in [0.1, 0.15) is 18.5 Å². The third-order valence-corrected chi connectivity index (χ3v) is 5.03. The highest BCUT2D eigenvalue weighted by Gasteiger charge is 2.22. The summed E-state index contributed by atoms with van der Waals surface area (Å²) < 4.78 is 4.96. The molecule has 0 atom stereocenters. The Bertz CT molecular complexity index is 872. The smallest absolute Gasteiger partial charge is 0.248 e. The van der Waals surface area contributed by atoms with Gasteiger partial charge in [-0.05, 0) is 37.5 Å². The summed E-state index contributed by atoms with van der Waals surface area (Å²) in [6.07, 6.45) is 0.840. The van der Waals surface area contributed by atoms with Crippen LogP contribution in [0.25, 0.3) is 10.9 Å². The predicted octanol–water partition coefficient (Wildman–Crippen LogP) is 2.41. The normalized spacial score (nSPS) is 15.0. The number of benzene rings is 1. The minimum atomic E-state index is 0.00722. The SMILES string of the molecule is COCC(=O)N1CCCN(c2nc3c(C)c(C)ccc3cc2C#N)CC1. The molecule has 1 aliphatic rings. The average molecular weight is 352 g/mol. The van der Waals surface area contributed by atoms with Crippen molar-refractivity contribution in [2.24, 2.45) is 0 Å². The number of nitriles is 1. The highest BCUT2D eigenvalue weighted by Crippen LogP contribution is 2.27. The van der Waals surface area contributed by atoms with Crippen LogP contribution < -0.4 is 4.90 Å². The Labute approximate surface area is 154 Å². The van der Waals surface area contributed by atoms with Crippen molar-refractivity contribution >= 4 is 22.6 Å². The Balaban J connectivity index is 1.93. The van der Waals surface area contributed by atoms with Crippen molar-refractivity contribution in [3.05, 3.63) is 34.9 Å². The summed E-state index contributed by atoms with van der Waals surface area (Å²) in [5.74, 6) is 0.725. The molecule has 136 valence electrons. The fourth-order valence-corrected chi connectivity index (χ4v) is 3.39. The van der Waals surface area contributed by atoms with Gasteiger partial charge in [-0.25, -0.2) is 4.98 Å². The van der Waals surface area contributed by atoms with E-state index in [0.717, 1.165) is 35.2 Å². The molecule has 1 aromatic carbocycles. The van der Waals surface area contributed by atoms with Gasteiger partial charge in [-0.3, -0.25) is 4.79 Å². The molecule has 0 aliphatic carbocycles. The number of ether oxygens (including phenoxy) is 1. The van der Waals surface area contributed by atoms with Crippen molar-refractivity contribution in [2.75, 3.05) is 44.8 Å². The number of carbonyl (C=O) groups excluding carboxylic acids is 1. The molecule has 3 rings (SSSR count). The second-order valence-corrected chi connectivity index (χ2v) is 6.70. The van der Waals surface area contributed by atoms with E-state index in [1.807, 2.05) is 17.0 Å². The number of hydrogen-bond acceptors (Lipinski definition) is 5. The molecule has 0 radical (unpaired) electrons. The highest BCUT2D eigenvalue weighted by atomic mass is 16.5. The van der Waals surface area contributed by atoms with E-state index >= 15 is 0 Å². The molecule has 0 N–H and O–H groups in total. The van der Waals surface area contributed by atoms with Gasteiger partial charge in [0.25, 0.3) is 0 Å². The molecular formula is C20H24N4O2. The fraction of sp³-hybridized carbons (Fsp3) is 0.450. The zero-order chi connectivity index (χ0) is 18.7. The van der Waals surface area contributed by atoms with Gasteiger partial charge in [-0.15, -0.1) is 0 Å². The lowest BCUT2D eigenvalue weighted by Crippen LogP contribution is -2.37. The van der Waals surface area contributed by atoms with Crippen LogP contribution in [0.15, 0.2) is 18.2 Å². The maximum atomic E-state index is 12.1. The predicted molar refractivity (Wildman–Crippen MR) is 101 cm³/mol. The quantitative estimate of drug-likeness (QED) is 0.848. The number of carbonyl (C=O) groups is 1. The lowest BCUT2D eigenvalue weighted by molar-refractivity contribution is -0.134. The number of nitrogens with zero attached hydrogens (tertiary/aromatic N) is 4. The minimum absolute atomic E-state index is 0.00722. The molecule has 1 amide bonds. The standard InChI is InChI=1S/C20H24N4O2/c1-14-5-6-16-11-17(12-21)20(22-19(16)15(14)2)24-8-4-7-23(9-10-24)18(25)13-26-3/h5-6,11H,4,7-10,13H2,1-3H3.